The van der Waals surface area contributed by atoms with Crippen molar-refractivity contribution in [1.82, 2.24) is 20.2 Å². The third-order valence-electron chi connectivity index (χ3n) is 5.83. The average molecular weight is 505 g/mol. The third kappa shape index (κ3) is 5.56. The molecule has 0 unspecified atom stereocenters. The maximum atomic E-state index is 13.1. The average Bonchev–Trinajstić information content (AvgIpc) is 3.19. The van der Waals surface area contributed by atoms with Crippen molar-refractivity contribution in [2.24, 2.45) is 0 Å². The van der Waals surface area contributed by atoms with Crippen molar-refractivity contribution in [1.29, 1.82) is 5.26 Å². The minimum Gasteiger partial charge on any atom is -0.497 e. The Morgan fingerprint density at radius 3 is 2.92 bits per heavy atom. The third-order valence-corrected chi connectivity index (χ3v) is 6.11. The molecule has 1 aliphatic heterocycles. The Labute approximate surface area is 214 Å². The molecule has 1 atom stereocenters. The molecule has 1 aliphatic rings. The van der Waals surface area contributed by atoms with E-state index in [2.05, 4.69) is 20.6 Å². The van der Waals surface area contributed by atoms with Gasteiger partial charge in [-0.15, -0.1) is 0 Å². The van der Waals surface area contributed by atoms with Crippen LogP contribution in [0.15, 0.2) is 48.7 Å². The molecule has 9 nitrogen and oxygen atoms in total. The number of methoxy groups -OCH3 is 1. The van der Waals surface area contributed by atoms with Gasteiger partial charge in [-0.1, -0.05) is 35.9 Å². The highest BCUT2D eigenvalue weighted by Crippen LogP contribution is 2.31. The first kappa shape index (κ1) is 24.9. The molecular formula is C26H25ClN6O3. The molecule has 0 saturated carbocycles. The van der Waals surface area contributed by atoms with Crippen molar-refractivity contribution in [2.75, 3.05) is 25.5 Å². The molecule has 2 heterocycles. The van der Waals surface area contributed by atoms with Crippen molar-refractivity contribution in [2.45, 2.75) is 25.9 Å². The molecule has 184 valence electrons. The highest BCUT2D eigenvalue weighted by Gasteiger charge is 2.29. The van der Waals surface area contributed by atoms with Crippen LogP contribution in [-0.2, 0) is 11.3 Å². The molecule has 0 spiro atoms. The molecular weight excluding hydrogens is 480 g/mol. The molecule has 3 aromatic rings. The minimum absolute atomic E-state index is 0.0572. The number of nitriles is 1. The summed E-state index contributed by atoms with van der Waals surface area (Å²) in [4.78, 5) is 35.9. The second kappa shape index (κ2) is 11.1. The fourth-order valence-corrected chi connectivity index (χ4v) is 4.18. The lowest BCUT2D eigenvalue weighted by atomic mass is 10.0. The van der Waals surface area contributed by atoms with Gasteiger partial charge in [0.25, 0.3) is 5.91 Å². The maximum absolute atomic E-state index is 13.1. The molecule has 10 heteroatoms. The molecule has 0 radical (unpaired) electrons. The Morgan fingerprint density at radius 1 is 1.31 bits per heavy atom. The van der Waals surface area contributed by atoms with E-state index in [9.17, 15) is 9.59 Å². The van der Waals surface area contributed by atoms with Crippen LogP contribution in [0.5, 0.6) is 5.75 Å². The number of nitrogens with zero attached hydrogens (tertiary/aromatic N) is 4. The van der Waals surface area contributed by atoms with Gasteiger partial charge >= 0.3 is 0 Å². The summed E-state index contributed by atoms with van der Waals surface area (Å²) in [6, 6.07) is 14.7. The number of hydrogen-bond acceptors (Lipinski definition) is 7. The number of fused-ring (bicyclic) bond motifs is 1. The number of anilines is 1. The van der Waals surface area contributed by atoms with Crippen LogP contribution < -0.4 is 15.4 Å². The first-order valence-electron chi connectivity index (χ1n) is 11.4. The van der Waals surface area contributed by atoms with E-state index in [4.69, 9.17) is 21.6 Å². The zero-order chi connectivity index (χ0) is 25.7. The molecule has 2 amide bonds. The standard InChI is InChI=1S/C26H25ClN6O3/c1-16(17-5-3-6-20(11-17)36-2)31-23(34)15-33-14-19-8-7-18(12-21(19)25(33)35)24-22(27)13-30-26(32-24)29-10-4-9-28/h3,5-8,11-13,16H,4,10,14-15H2,1-2H3,(H,31,34)(H,29,30,32)/t16-/m1/s1. The first-order chi connectivity index (χ1) is 17.4. The minimum atomic E-state index is -0.251. The van der Waals surface area contributed by atoms with Crippen molar-refractivity contribution >= 4 is 29.4 Å². The number of amides is 2. The van der Waals surface area contributed by atoms with Crippen LogP contribution in [0.4, 0.5) is 5.95 Å². The summed E-state index contributed by atoms with van der Waals surface area (Å²) in [6.45, 7) is 2.58. The van der Waals surface area contributed by atoms with E-state index in [1.807, 2.05) is 49.4 Å². The Morgan fingerprint density at radius 2 is 2.14 bits per heavy atom. The van der Waals surface area contributed by atoms with E-state index in [0.717, 1.165) is 11.1 Å². The van der Waals surface area contributed by atoms with Gasteiger partial charge in [-0.2, -0.15) is 5.26 Å². The van der Waals surface area contributed by atoms with Crippen LogP contribution in [0, 0.1) is 11.3 Å². The van der Waals surface area contributed by atoms with Crippen LogP contribution in [0.2, 0.25) is 5.02 Å². The number of rotatable bonds is 9. The van der Waals surface area contributed by atoms with Crippen LogP contribution in [-0.4, -0.2) is 46.9 Å². The fraction of sp³-hybridized carbons (Fsp3) is 0.269. The molecule has 1 aromatic heterocycles. The smallest absolute Gasteiger partial charge is 0.254 e. The summed E-state index contributed by atoms with van der Waals surface area (Å²) in [5.41, 5.74) is 3.39. The molecule has 0 saturated heterocycles. The Bertz CT molecular complexity index is 1340. The number of benzene rings is 2. The number of ether oxygens (including phenoxy) is 1. The van der Waals surface area contributed by atoms with Crippen LogP contribution in [0.1, 0.15) is 40.9 Å². The zero-order valence-corrected chi connectivity index (χ0v) is 20.7. The number of halogens is 1. The van der Waals surface area contributed by atoms with Crippen molar-refractivity contribution in [3.05, 3.63) is 70.4 Å². The summed E-state index contributed by atoms with van der Waals surface area (Å²) >= 11 is 6.33. The van der Waals surface area contributed by atoms with Gasteiger partial charge in [0.05, 0.1) is 42.6 Å². The van der Waals surface area contributed by atoms with Crippen molar-refractivity contribution < 1.29 is 14.3 Å². The van der Waals surface area contributed by atoms with Gasteiger partial charge in [-0.3, -0.25) is 9.59 Å². The fourth-order valence-electron chi connectivity index (χ4n) is 3.98. The monoisotopic (exact) mass is 504 g/mol. The van der Waals surface area contributed by atoms with Gasteiger partial charge in [-0.05, 0) is 36.2 Å². The Balaban J connectivity index is 1.44. The summed E-state index contributed by atoms with van der Waals surface area (Å²) < 4.78 is 5.25. The van der Waals surface area contributed by atoms with E-state index in [-0.39, 0.29) is 24.4 Å². The van der Waals surface area contributed by atoms with Crippen LogP contribution in [0.25, 0.3) is 11.3 Å². The number of carbonyl (C=O) groups is 2. The Kier molecular flexibility index (Phi) is 7.66. The molecule has 2 aromatic carbocycles. The van der Waals surface area contributed by atoms with E-state index >= 15 is 0 Å². The number of nitrogens with one attached hydrogen (secondary N) is 2. The van der Waals surface area contributed by atoms with Gasteiger partial charge in [0.1, 0.15) is 12.3 Å². The van der Waals surface area contributed by atoms with Gasteiger partial charge in [-0.25, -0.2) is 9.97 Å². The highest BCUT2D eigenvalue weighted by molar-refractivity contribution is 6.33. The number of aromatic nitrogens is 2. The molecule has 2 N–H and O–H groups in total. The van der Waals surface area contributed by atoms with Crippen molar-refractivity contribution in [3.8, 4) is 23.1 Å². The zero-order valence-electron chi connectivity index (χ0n) is 19.9. The van der Waals surface area contributed by atoms with Crippen molar-refractivity contribution in [3.63, 3.8) is 0 Å². The Hall–Kier alpha value is -4.16. The second-order valence-corrected chi connectivity index (χ2v) is 8.73. The van der Waals surface area contributed by atoms with Gasteiger partial charge < -0.3 is 20.3 Å². The van der Waals surface area contributed by atoms with Gasteiger partial charge in [0.15, 0.2) is 0 Å². The maximum Gasteiger partial charge on any atom is 0.254 e. The lowest BCUT2D eigenvalue weighted by Crippen LogP contribution is -2.38. The lowest BCUT2D eigenvalue weighted by Gasteiger charge is -2.19. The van der Waals surface area contributed by atoms with E-state index in [1.165, 1.54) is 11.1 Å². The van der Waals surface area contributed by atoms with Gasteiger partial charge in [0.2, 0.25) is 11.9 Å². The number of hydrogen-bond donors (Lipinski definition) is 2. The van der Waals surface area contributed by atoms with E-state index < -0.39 is 0 Å². The molecule has 4 rings (SSSR count). The normalized spacial score (nSPS) is 13.1. The lowest BCUT2D eigenvalue weighted by molar-refractivity contribution is -0.122. The topological polar surface area (TPSA) is 120 Å². The van der Waals surface area contributed by atoms with Crippen LogP contribution in [0.3, 0.4) is 0 Å². The molecule has 0 bridgehead atoms. The predicted octanol–water partition coefficient (Wildman–Crippen LogP) is 3.96. The predicted molar refractivity (Wildman–Crippen MR) is 135 cm³/mol. The summed E-state index contributed by atoms with van der Waals surface area (Å²) in [5.74, 6) is 0.579. The highest BCUT2D eigenvalue weighted by atomic mass is 35.5. The quantitative estimate of drug-likeness (QED) is 0.423. The van der Waals surface area contributed by atoms with E-state index in [1.54, 1.807) is 13.2 Å². The molecule has 0 aliphatic carbocycles. The van der Waals surface area contributed by atoms with Gasteiger partial charge in [0, 0.05) is 24.2 Å². The van der Waals surface area contributed by atoms with Crippen LogP contribution >= 0.6 is 11.6 Å². The summed E-state index contributed by atoms with van der Waals surface area (Å²) in [6.07, 6.45) is 1.80. The van der Waals surface area contributed by atoms with E-state index in [0.29, 0.717) is 53.1 Å². The first-order valence-corrected chi connectivity index (χ1v) is 11.8. The number of carbonyl (C=O) groups excluding carboxylic acids is 2. The summed E-state index contributed by atoms with van der Waals surface area (Å²) in [7, 11) is 1.59. The molecule has 0 fully saturated rings. The molecule has 36 heavy (non-hydrogen) atoms. The summed E-state index contributed by atoms with van der Waals surface area (Å²) in [5, 5.41) is 15.0. The second-order valence-electron chi connectivity index (χ2n) is 8.32. The largest absolute Gasteiger partial charge is 0.497 e. The SMILES string of the molecule is COc1cccc([C@@H](C)NC(=O)CN2Cc3ccc(-c4nc(NCCC#N)ncc4Cl)cc3C2=O)c1.